The van der Waals surface area contributed by atoms with Crippen molar-refractivity contribution in [3.05, 3.63) is 94.9 Å². The molecule has 7 nitrogen and oxygen atoms in total. The Labute approximate surface area is 218 Å². The number of carbonyl (C=O) groups excluding carboxylic acids is 2. The van der Waals surface area contributed by atoms with E-state index in [4.69, 9.17) is 9.15 Å². The number of likely N-dealkylation sites (tertiary alicyclic amines) is 1. The Morgan fingerprint density at radius 2 is 1.61 bits per heavy atom. The molecule has 10 heteroatoms. The Kier molecular flexibility index (Phi) is 7.16. The fraction of sp³-hybridized carbons (Fsp3) is 0.357. The number of halogens is 3. The zero-order valence-electron chi connectivity index (χ0n) is 20.7. The van der Waals surface area contributed by atoms with Gasteiger partial charge in [0.2, 0.25) is 0 Å². The molecule has 0 aliphatic carbocycles. The van der Waals surface area contributed by atoms with Crippen molar-refractivity contribution in [1.29, 1.82) is 0 Å². The number of amides is 2. The van der Waals surface area contributed by atoms with Gasteiger partial charge in [-0.2, -0.15) is 13.2 Å². The highest BCUT2D eigenvalue weighted by Gasteiger charge is 2.46. The number of alkyl halides is 3. The molecular formula is C28H28F3N3O4. The van der Waals surface area contributed by atoms with Crippen LogP contribution in [-0.2, 0) is 30.5 Å². The van der Waals surface area contributed by atoms with Crippen molar-refractivity contribution < 1.29 is 31.9 Å². The maximum absolute atomic E-state index is 12.8. The first kappa shape index (κ1) is 25.8. The average Bonchev–Trinajstić information content (AvgIpc) is 3.52. The molecule has 3 aromatic rings. The van der Waals surface area contributed by atoms with E-state index in [2.05, 4.69) is 10.2 Å². The van der Waals surface area contributed by atoms with Gasteiger partial charge in [0.15, 0.2) is 0 Å². The summed E-state index contributed by atoms with van der Waals surface area (Å²) >= 11 is 0. The molecule has 0 radical (unpaired) electrons. The summed E-state index contributed by atoms with van der Waals surface area (Å²) in [5.74, 6) is 0.456. The summed E-state index contributed by atoms with van der Waals surface area (Å²) in [5.41, 5.74) is 1.01. The molecule has 0 atom stereocenters. The van der Waals surface area contributed by atoms with E-state index in [1.165, 1.54) is 12.1 Å². The van der Waals surface area contributed by atoms with Crippen LogP contribution in [0.15, 0.2) is 71.3 Å². The topological polar surface area (TPSA) is 75.0 Å². The molecule has 0 bridgehead atoms. The van der Waals surface area contributed by atoms with Crippen molar-refractivity contribution in [3.8, 4) is 0 Å². The van der Waals surface area contributed by atoms with Crippen LogP contribution in [0.5, 0.6) is 0 Å². The number of furan rings is 1. The molecule has 2 aliphatic rings. The normalized spacial score (nSPS) is 17.6. The second-order valence-corrected chi connectivity index (χ2v) is 9.84. The molecular weight excluding hydrogens is 499 g/mol. The largest absolute Gasteiger partial charge is 0.467 e. The molecule has 2 aromatic carbocycles. The fourth-order valence-electron chi connectivity index (χ4n) is 4.92. The molecule has 1 aromatic heterocycles. The fourth-order valence-corrected chi connectivity index (χ4v) is 4.92. The second kappa shape index (κ2) is 10.5. The van der Waals surface area contributed by atoms with Gasteiger partial charge in [-0.05, 0) is 47.5 Å². The van der Waals surface area contributed by atoms with Crippen molar-refractivity contribution in [3.63, 3.8) is 0 Å². The summed E-state index contributed by atoms with van der Waals surface area (Å²) < 4.78 is 49.4. The number of hydrogen-bond donors (Lipinski definition) is 1. The zero-order valence-corrected chi connectivity index (χ0v) is 20.7. The van der Waals surface area contributed by atoms with Crippen LogP contribution in [0.3, 0.4) is 0 Å². The predicted molar refractivity (Wildman–Crippen MR) is 132 cm³/mol. The molecule has 5 rings (SSSR count). The van der Waals surface area contributed by atoms with Crippen LogP contribution in [0.2, 0.25) is 0 Å². The zero-order chi connectivity index (χ0) is 26.8. The second-order valence-electron chi connectivity index (χ2n) is 9.84. The molecule has 2 saturated heterocycles. The van der Waals surface area contributed by atoms with E-state index in [1.54, 1.807) is 35.4 Å². The van der Waals surface area contributed by atoms with Crippen molar-refractivity contribution >= 4 is 12.0 Å². The minimum absolute atomic E-state index is 0.212. The number of nitrogens with one attached hydrogen (secondary N) is 1. The van der Waals surface area contributed by atoms with Gasteiger partial charge in [-0.1, -0.05) is 24.3 Å². The lowest BCUT2D eigenvalue weighted by molar-refractivity contribution is -0.137. The van der Waals surface area contributed by atoms with Gasteiger partial charge in [-0.3, -0.25) is 14.6 Å². The van der Waals surface area contributed by atoms with E-state index in [0.717, 1.165) is 23.3 Å². The molecule has 38 heavy (non-hydrogen) atoms. The highest BCUT2D eigenvalue weighted by atomic mass is 19.4. The highest BCUT2D eigenvalue weighted by molar-refractivity contribution is 5.94. The Balaban J connectivity index is 1.10. The summed E-state index contributed by atoms with van der Waals surface area (Å²) in [6.45, 7) is 3.08. The van der Waals surface area contributed by atoms with Crippen LogP contribution < -0.4 is 5.32 Å². The number of nitrogens with zero attached hydrogens (tertiary/aromatic N) is 2. The van der Waals surface area contributed by atoms with Crippen LogP contribution in [0.1, 0.15) is 45.7 Å². The first-order chi connectivity index (χ1) is 18.2. The molecule has 2 amide bonds. The van der Waals surface area contributed by atoms with E-state index in [-0.39, 0.29) is 12.0 Å². The molecule has 0 unspecified atom stereocenters. The Bertz CT molecular complexity index is 1250. The number of carbonyl (C=O) groups is 2. The van der Waals surface area contributed by atoms with E-state index < -0.39 is 17.3 Å². The van der Waals surface area contributed by atoms with Gasteiger partial charge in [-0.25, -0.2) is 4.79 Å². The van der Waals surface area contributed by atoms with E-state index in [9.17, 15) is 22.8 Å². The van der Waals surface area contributed by atoms with E-state index in [1.807, 2.05) is 12.1 Å². The lowest BCUT2D eigenvalue weighted by atomic mass is 9.91. The van der Waals surface area contributed by atoms with Crippen molar-refractivity contribution in [1.82, 2.24) is 15.1 Å². The summed E-state index contributed by atoms with van der Waals surface area (Å²) in [6, 6.07) is 15.9. The standard InChI is InChI=1S/C28H28F3N3O4/c29-28(30,31)23-9-5-20(6-10-23)17-33-13-11-27(12-14-33)19-34(26(36)38-27)18-21-3-7-22(8-4-21)25(35)32-16-24-2-1-15-37-24/h1-10,15H,11-14,16-19H2,(H,32,35). The number of rotatable bonds is 7. The smallest absolute Gasteiger partial charge is 0.416 e. The molecule has 2 fully saturated rings. The Hall–Kier alpha value is -3.79. The molecule has 1 spiro atoms. The lowest BCUT2D eigenvalue weighted by Crippen LogP contribution is -2.46. The van der Waals surface area contributed by atoms with Crippen LogP contribution in [0.4, 0.5) is 18.0 Å². The quantitative estimate of drug-likeness (QED) is 0.456. The molecule has 1 N–H and O–H groups in total. The van der Waals surface area contributed by atoms with Crippen molar-refractivity contribution in [2.75, 3.05) is 19.6 Å². The highest BCUT2D eigenvalue weighted by Crippen LogP contribution is 2.35. The minimum Gasteiger partial charge on any atom is -0.467 e. The number of ether oxygens (including phenoxy) is 1. The third-order valence-corrected chi connectivity index (χ3v) is 7.09. The first-order valence-corrected chi connectivity index (χ1v) is 12.5. The van der Waals surface area contributed by atoms with Gasteiger partial charge in [0.25, 0.3) is 5.91 Å². The monoisotopic (exact) mass is 527 g/mol. The van der Waals surface area contributed by atoms with Gasteiger partial charge in [0, 0.05) is 44.6 Å². The van der Waals surface area contributed by atoms with E-state index >= 15 is 0 Å². The van der Waals surface area contributed by atoms with Crippen molar-refractivity contribution in [2.45, 2.75) is 44.3 Å². The molecule has 3 heterocycles. The van der Waals surface area contributed by atoms with Gasteiger partial charge in [-0.15, -0.1) is 0 Å². The van der Waals surface area contributed by atoms with Crippen LogP contribution in [0, 0.1) is 0 Å². The SMILES string of the molecule is O=C(NCc1ccco1)c1ccc(CN2CC3(CCN(Cc4ccc(C(F)(F)F)cc4)CC3)OC2=O)cc1. The van der Waals surface area contributed by atoms with E-state index in [0.29, 0.717) is 63.4 Å². The van der Waals surface area contributed by atoms with Crippen molar-refractivity contribution in [2.24, 2.45) is 0 Å². The van der Waals surface area contributed by atoms with Gasteiger partial charge in [0.1, 0.15) is 11.4 Å². The number of benzene rings is 2. The Morgan fingerprint density at radius 3 is 2.24 bits per heavy atom. The summed E-state index contributed by atoms with van der Waals surface area (Å²) in [4.78, 5) is 28.8. The van der Waals surface area contributed by atoms with Gasteiger partial charge >= 0.3 is 12.3 Å². The minimum atomic E-state index is -4.34. The Morgan fingerprint density at radius 1 is 0.947 bits per heavy atom. The van der Waals surface area contributed by atoms with Crippen LogP contribution in [-0.4, -0.2) is 47.0 Å². The third-order valence-electron chi connectivity index (χ3n) is 7.09. The lowest BCUT2D eigenvalue weighted by Gasteiger charge is -2.37. The third kappa shape index (κ3) is 6.02. The van der Waals surface area contributed by atoms with Crippen LogP contribution in [0.25, 0.3) is 0 Å². The number of piperidine rings is 1. The van der Waals surface area contributed by atoms with Gasteiger partial charge < -0.3 is 14.5 Å². The molecule has 0 saturated carbocycles. The van der Waals surface area contributed by atoms with Crippen LogP contribution >= 0.6 is 0 Å². The molecule has 200 valence electrons. The summed E-state index contributed by atoms with van der Waals surface area (Å²) in [7, 11) is 0. The average molecular weight is 528 g/mol. The van der Waals surface area contributed by atoms with Gasteiger partial charge in [0.05, 0.1) is 24.9 Å². The summed E-state index contributed by atoms with van der Waals surface area (Å²) in [6.07, 6.45) is -1.83. The predicted octanol–water partition coefficient (Wildman–Crippen LogP) is 5.22. The molecule has 2 aliphatic heterocycles. The maximum Gasteiger partial charge on any atom is 0.416 e. The maximum atomic E-state index is 12.8. The first-order valence-electron chi connectivity index (χ1n) is 12.5. The summed E-state index contributed by atoms with van der Waals surface area (Å²) in [5, 5.41) is 2.80. The number of hydrogen-bond acceptors (Lipinski definition) is 5.